The van der Waals surface area contributed by atoms with Crippen molar-refractivity contribution in [2.75, 3.05) is 0 Å². The van der Waals surface area contributed by atoms with Crippen molar-refractivity contribution < 1.29 is 8.42 Å². The summed E-state index contributed by atoms with van der Waals surface area (Å²) in [6, 6.07) is 21.3. The lowest BCUT2D eigenvalue weighted by atomic mass is 9.99. The van der Waals surface area contributed by atoms with Crippen molar-refractivity contribution in [3.63, 3.8) is 0 Å². The Morgan fingerprint density at radius 2 is 1.68 bits per heavy atom. The van der Waals surface area contributed by atoms with E-state index in [9.17, 15) is 8.42 Å². The predicted octanol–water partition coefficient (Wildman–Crippen LogP) is 5.20. The Kier molecular flexibility index (Phi) is 4.98. The fourth-order valence-corrected chi connectivity index (χ4v) is 4.63. The molecule has 1 atom stereocenters. The molecule has 0 radical (unpaired) electrons. The first-order valence-electron chi connectivity index (χ1n) is 8.84. The summed E-state index contributed by atoms with van der Waals surface area (Å²) in [5.74, 6) is 0. The number of aromatic nitrogens is 1. The van der Waals surface area contributed by atoms with E-state index in [1.165, 1.54) is 0 Å². The zero-order chi connectivity index (χ0) is 19.7. The maximum atomic E-state index is 13.1. The summed E-state index contributed by atoms with van der Waals surface area (Å²) in [5.41, 5.74) is 3.56. The normalized spacial score (nSPS) is 12.9. The molecular weight excluding hydrogens is 392 g/mol. The number of rotatable bonds is 5. The summed E-state index contributed by atoms with van der Waals surface area (Å²) >= 11 is 6.09. The second-order valence-corrected chi connectivity index (χ2v) is 8.86. The van der Waals surface area contributed by atoms with E-state index in [2.05, 4.69) is 9.71 Å². The lowest BCUT2D eigenvalue weighted by Crippen LogP contribution is -2.29. The fourth-order valence-electron chi connectivity index (χ4n) is 3.26. The van der Waals surface area contributed by atoms with Gasteiger partial charge in [-0.2, -0.15) is 4.72 Å². The number of hydrogen-bond donors (Lipinski definition) is 2. The Bertz CT molecular complexity index is 1220. The Morgan fingerprint density at radius 3 is 2.39 bits per heavy atom. The molecule has 4 rings (SSSR count). The van der Waals surface area contributed by atoms with E-state index in [-0.39, 0.29) is 4.90 Å². The molecule has 0 spiro atoms. The first kappa shape index (κ1) is 18.7. The highest BCUT2D eigenvalue weighted by Gasteiger charge is 2.25. The van der Waals surface area contributed by atoms with E-state index < -0.39 is 16.1 Å². The van der Waals surface area contributed by atoms with Crippen LogP contribution in [0.5, 0.6) is 0 Å². The van der Waals surface area contributed by atoms with Gasteiger partial charge in [0.2, 0.25) is 10.0 Å². The molecule has 0 bridgehead atoms. The predicted molar refractivity (Wildman–Crippen MR) is 113 cm³/mol. The van der Waals surface area contributed by atoms with Crippen molar-refractivity contribution >= 4 is 32.5 Å². The van der Waals surface area contributed by atoms with Crippen LogP contribution in [0.3, 0.4) is 0 Å². The molecular formula is C22H19ClN2O2S. The first-order valence-corrected chi connectivity index (χ1v) is 10.7. The molecule has 2 N–H and O–H groups in total. The van der Waals surface area contributed by atoms with Gasteiger partial charge in [0.05, 0.1) is 10.9 Å². The van der Waals surface area contributed by atoms with E-state index in [1.807, 2.05) is 55.6 Å². The standard InChI is InChI=1S/C22H19ClN2O2S/c1-15-7-10-18(11-8-15)28(26,27)25-22(16-5-3-2-4-6-16)20-14-24-21-13-17(23)9-12-19(20)21/h2-14,22,24-25H,1H3/t22-/m1/s1. The van der Waals surface area contributed by atoms with Gasteiger partial charge in [-0.3, -0.25) is 0 Å². The summed E-state index contributed by atoms with van der Waals surface area (Å²) in [6.45, 7) is 1.92. The summed E-state index contributed by atoms with van der Waals surface area (Å²) in [4.78, 5) is 3.43. The number of hydrogen-bond acceptors (Lipinski definition) is 2. The molecule has 4 aromatic rings. The van der Waals surface area contributed by atoms with Crippen LogP contribution >= 0.6 is 11.6 Å². The molecule has 0 saturated heterocycles. The number of fused-ring (bicyclic) bond motifs is 1. The third-order valence-electron chi connectivity index (χ3n) is 4.72. The van der Waals surface area contributed by atoms with E-state index in [0.717, 1.165) is 27.6 Å². The molecule has 1 aromatic heterocycles. The quantitative estimate of drug-likeness (QED) is 0.475. The minimum atomic E-state index is -3.72. The second kappa shape index (κ2) is 7.43. The van der Waals surface area contributed by atoms with Crippen LogP contribution in [0.2, 0.25) is 5.02 Å². The molecule has 0 saturated carbocycles. The van der Waals surface area contributed by atoms with E-state index in [0.29, 0.717) is 5.02 Å². The van der Waals surface area contributed by atoms with Crippen LogP contribution in [0.4, 0.5) is 0 Å². The Labute approximate surface area is 169 Å². The molecule has 0 aliphatic heterocycles. The molecule has 4 nitrogen and oxygen atoms in total. The van der Waals surface area contributed by atoms with Crippen molar-refractivity contribution in [1.82, 2.24) is 9.71 Å². The maximum absolute atomic E-state index is 13.1. The van der Waals surface area contributed by atoms with Crippen molar-refractivity contribution in [1.29, 1.82) is 0 Å². The van der Waals surface area contributed by atoms with Crippen molar-refractivity contribution in [2.24, 2.45) is 0 Å². The minimum absolute atomic E-state index is 0.238. The average molecular weight is 411 g/mol. The number of aromatic amines is 1. The molecule has 0 fully saturated rings. The van der Waals surface area contributed by atoms with Crippen LogP contribution in [-0.2, 0) is 10.0 Å². The second-order valence-electron chi connectivity index (χ2n) is 6.71. The number of sulfonamides is 1. The third kappa shape index (κ3) is 3.69. The fraction of sp³-hybridized carbons (Fsp3) is 0.0909. The molecule has 0 aliphatic carbocycles. The molecule has 0 aliphatic rings. The first-order chi connectivity index (χ1) is 13.4. The zero-order valence-electron chi connectivity index (χ0n) is 15.2. The summed E-state index contributed by atoms with van der Waals surface area (Å²) in [6.07, 6.45) is 1.83. The molecule has 0 unspecified atom stereocenters. The van der Waals surface area contributed by atoms with Gasteiger partial charge in [0, 0.05) is 22.1 Å². The molecule has 6 heteroatoms. The maximum Gasteiger partial charge on any atom is 0.241 e. The smallest absolute Gasteiger partial charge is 0.241 e. The molecule has 3 aromatic carbocycles. The largest absolute Gasteiger partial charge is 0.361 e. The monoisotopic (exact) mass is 410 g/mol. The minimum Gasteiger partial charge on any atom is -0.361 e. The average Bonchev–Trinajstić information content (AvgIpc) is 3.10. The van der Waals surface area contributed by atoms with Crippen LogP contribution in [0.15, 0.2) is 83.9 Å². The summed E-state index contributed by atoms with van der Waals surface area (Å²) < 4.78 is 29.0. The van der Waals surface area contributed by atoms with Gasteiger partial charge in [0.1, 0.15) is 0 Å². The summed E-state index contributed by atoms with van der Waals surface area (Å²) in [7, 11) is -3.72. The molecule has 142 valence electrons. The highest BCUT2D eigenvalue weighted by molar-refractivity contribution is 7.89. The lowest BCUT2D eigenvalue weighted by molar-refractivity contribution is 0.572. The number of halogens is 1. The number of benzene rings is 3. The molecule has 1 heterocycles. The van der Waals surface area contributed by atoms with E-state index in [1.54, 1.807) is 30.3 Å². The van der Waals surface area contributed by atoms with Gasteiger partial charge in [0.25, 0.3) is 0 Å². The van der Waals surface area contributed by atoms with Gasteiger partial charge in [-0.05, 0) is 42.3 Å². The van der Waals surface area contributed by atoms with Crippen LogP contribution in [0.25, 0.3) is 10.9 Å². The van der Waals surface area contributed by atoms with Gasteiger partial charge >= 0.3 is 0 Å². The number of aryl methyl sites for hydroxylation is 1. The highest BCUT2D eigenvalue weighted by atomic mass is 35.5. The van der Waals surface area contributed by atoms with Crippen molar-refractivity contribution in [2.45, 2.75) is 17.9 Å². The SMILES string of the molecule is Cc1ccc(S(=O)(=O)N[C@H](c2ccccc2)c2c[nH]c3cc(Cl)ccc23)cc1. The zero-order valence-corrected chi connectivity index (χ0v) is 16.8. The third-order valence-corrected chi connectivity index (χ3v) is 6.40. The number of H-pyrrole nitrogens is 1. The molecule has 0 amide bonds. The van der Waals surface area contributed by atoms with Crippen LogP contribution < -0.4 is 4.72 Å². The number of nitrogens with one attached hydrogen (secondary N) is 2. The van der Waals surface area contributed by atoms with Gasteiger partial charge in [0.15, 0.2) is 0 Å². The van der Waals surface area contributed by atoms with Crippen molar-refractivity contribution in [3.05, 3.63) is 101 Å². The van der Waals surface area contributed by atoms with Crippen LogP contribution in [0.1, 0.15) is 22.7 Å². The Hall–Kier alpha value is -2.60. The Morgan fingerprint density at radius 1 is 0.964 bits per heavy atom. The van der Waals surface area contributed by atoms with Crippen LogP contribution in [-0.4, -0.2) is 13.4 Å². The topological polar surface area (TPSA) is 62.0 Å². The Balaban J connectivity index is 1.81. The van der Waals surface area contributed by atoms with Crippen molar-refractivity contribution in [3.8, 4) is 0 Å². The van der Waals surface area contributed by atoms with Gasteiger partial charge < -0.3 is 4.98 Å². The summed E-state index contributed by atoms with van der Waals surface area (Å²) in [5, 5.41) is 1.54. The van der Waals surface area contributed by atoms with E-state index >= 15 is 0 Å². The highest BCUT2D eigenvalue weighted by Crippen LogP contribution is 2.31. The molecule has 28 heavy (non-hydrogen) atoms. The van der Waals surface area contributed by atoms with E-state index in [4.69, 9.17) is 11.6 Å². The van der Waals surface area contributed by atoms with Gasteiger partial charge in [-0.15, -0.1) is 0 Å². The van der Waals surface area contributed by atoms with Gasteiger partial charge in [-0.25, -0.2) is 8.42 Å². The van der Waals surface area contributed by atoms with Crippen LogP contribution in [0, 0.1) is 6.92 Å². The lowest BCUT2D eigenvalue weighted by Gasteiger charge is -2.19. The van der Waals surface area contributed by atoms with Gasteiger partial charge in [-0.1, -0.05) is 65.7 Å².